The van der Waals surface area contributed by atoms with Crippen LogP contribution < -0.4 is 5.56 Å². The number of Topliss-reactive ketones (excluding diaryl/α,β-unsaturated/α-hetero) is 1. The molecule has 0 bridgehead atoms. The lowest BCUT2D eigenvalue weighted by Gasteiger charge is -2.12. The first-order chi connectivity index (χ1) is 14.5. The first-order valence-corrected chi connectivity index (χ1v) is 9.88. The molecule has 0 unspecified atom stereocenters. The third kappa shape index (κ3) is 2.90. The van der Waals surface area contributed by atoms with Gasteiger partial charge in [-0.15, -0.1) is 0 Å². The predicted molar refractivity (Wildman–Crippen MR) is 112 cm³/mol. The minimum absolute atomic E-state index is 0.0877. The van der Waals surface area contributed by atoms with Gasteiger partial charge in [0.1, 0.15) is 5.82 Å². The fourth-order valence-electron chi connectivity index (χ4n) is 3.99. The smallest absolute Gasteiger partial charge is 0.338 e. The summed E-state index contributed by atoms with van der Waals surface area (Å²) in [6, 6.07) is 12.2. The quantitative estimate of drug-likeness (QED) is 0.418. The van der Waals surface area contributed by atoms with Gasteiger partial charge >= 0.3 is 5.97 Å². The monoisotopic (exact) mass is 401 g/mol. The lowest BCUT2D eigenvalue weighted by Crippen LogP contribution is -2.24. The lowest BCUT2D eigenvalue weighted by molar-refractivity contribution is 0.0319. The summed E-state index contributed by atoms with van der Waals surface area (Å²) in [5.41, 5.74) is 1.97. The van der Waals surface area contributed by atoms with Crippen LogP contribution in [-0.2, 0) is 17.7 Å². The van der Waals surface area contributed by atoms with Crippen molar-refractivity contribution < 1.29 is 14.3 Å². The Labute approximate surface area is 171 Å². The molecule has 2 aromatic heterocycles. The van der Waals surface area contributed by atoms with Crippen LogP contribution >= 0.6 is 0 Å². The molecular weight excluding hydrogens is 382 g/mol. The van der Waals surface area contributed by atoms with Crippen molar-refractivity contribution in [1.82, 2.24) is 14.5 Å². The van der Waals surface area contributed by atoms with Gasteiger partial charge in [-0.1, -0.05) is 18.2 Å². The molecule has 0 amide bonds. The predicted octanol–water partition coefficient (Wildman–Crippen LogP) is 3.25. The SMILES string of the molecule is C[C@@H](OC(=O)c1ccc2c(=O)n3c(nc2c1)CCC3)C(=O)c1c[nH]c2ccccc12. The molecule has 0 aliphatic carbocycles. The van der Waals surface area contributed by atoms with Gasteiger partial charge < -0.3 is 9.72 Å². The standard InChI is InChI=1S/C23H19N3O4/c1-13(21(27)17-12-24-18-6-3-2-5-15(17)18)30-23(29)14-8-9-16-19(11-14)25-20-7-4-10-26(20)22(16)28/h2-3,5-6,8-9,11-13,24H,4,7,10H2,1H3/t13-/m1/s1. The average Bonchev–Trinajstić information content (AvgIpc) is 3.40. The van der Waals surface area contributed by atoms with Crippen LogP contribution in [0.1, 0.15) is 39.9 Å². The number of aromatic nitrogens is 3. The molecule has 0 spiro atoms. The number of hydrogen-bond donors (Lipinski definition) is 1. The highest BCUT2D eigenvalue weighted by Crippen LogP contribution is 2.21. The number of esters is 1. The Bertz CT molecular complexity index is 1380. The number of carbonyl (C=O) groups excluding carboxylic acids is 2. The minimum Gasteiger partial charge on any atom is -0.451 e. The molecule has 7 heteroatoms. The molecule has 0 saturated carbocycles. The van der Waals surface area contributed by atoms with Crippen LogP contribution in [0.15, 0.2) is 53.5 Å². The highest BCUT2D eigenvalue weighted by atomic mass is 16.5. The van der Waals surface area contributed by atoms with E-state index in [1.807, 2.05) is 24.3 Å². The number of ether oxygens (including phenoxy) is 1. The van der Waals surface area contributed by atoms with Crippen LogP contribution in [0, 0.1) is 0 Å². The van der Waals surface area contributed by atoms with E-state index in [4.69, 9.17) is 4.74 Å². The zero-order valence-electron chi connectivity index (χ0n) is 16.3. The number of fused-ring (bicyclic) bond motifs is 3. The Balaban J connectivity index is 1.40. The second-order valence-electron chi connectivity index (χ2n) is 7.48. The third-order valence-electron chi connectivity index (χ3n) is 5.56. The molecule has 3 heterocycles. The van der Waals surface area contributed by atoms with Gasteiger partial charge in [-0.3, -0.25) is 14.2 Å². The van der Waals surface area contributed by atoms with E-state index in [1.54, 1.807) is 35.9 Å². The van der Waals surface area contributed by atoms with E-state index in [1.165, 1.54) is 0 Å². The molecule has 1 N–H and O–H groups in total. The van der Waals surface area contributed by atoms with E-state index in [-0.39, 0.29) is 16.9 Å². The number of rotatable bonds is 4. The second kappa shape index (κ2) is 6.95. The largest absolute Gasteiger partial charge is 0.451 e. The molecule has 1 aliphatic heterocycles. The van der Waals surface area contributed by atoms with Gasteiger partial charge in [0.25, 0.3) is 5.56 Å². The lowest BCUT2D eigenvalue weighted by atomic mass is 10.1. The molecule has 2 aromatic carbocycles. The maximum absolute atomic E-state index is 12.8. The number of para-hydroxylation sites is 1. The minimum atomic E-state index is -0.953. The van der Waals surface area contributed by atoms with Gasteiger partial charge in [0, 0.05) is 35.6 Å². The van der Waals surface area contributed by atoms with Crippen LogP contribution in [0.5, 0.6) is 0 Å². The van der Waals surface area contributed by atoms with E-state index in [0.717, 1.165) is 29.6 Å². The molecule has 1 aliphatic rings. The summed E-state index contributed by atoms with van der Waals surface area (Å²) < 4.78 is 7.11. The van der Waals surface area contributed by atoms with Crippen LogP contribution in [0.2, 0.25) is 0 Å². The van der Waals surface area contributed by atoms with Gasteiger partial charge in [0.15, 0.2) is 6.10 Å². The fraction of sp³-hybridized carbons (Fsp3) is 0.217. The number of aryl methyl sites for hydroxylation is 1. The van der Waals surface area contributed by atoms with Crippen molar-refractivity contribution >= 4 is 33.6 Å². The van der Waals surface area contributed by atoms with E-state index in [0.29, 0.717) is 23.0 Å². The number of ketones is 1. The highest BCUT2D eigenvalue weighted by Gasteiger charge is 2.23. The Morgan fingerprint density at radius 2 is 2.00 bits per heavy atom. The van der Waals surface area contributed by atoms with Crippen molar-refractivity contribution in [3.05, 3.63) is 76.0 Å². The number of benzene rings is 2. The molecule has 0 saturated heterocycles. The number of hydrogen-bond acceptors (Lipinski definition) is 5. The van der Waals surface area contributed by atoms with Gasteiger partial charge in [-0.05, 0) is 37.6 Å². The number of nitrogens with one attached hydrogen (secondary N) is 1. The maximum Gasteiger partial charge on any atom is 0.338 e. The molecule has 0 fully saturated rings. The van der Waals surface area contributed by atoms with Gasteiger partial charge in [-0.2, -0.15) is 0 Å². The normalized spacial score (nSPS) is 14.0. The molecule has 5 rings (SSSR count). The van der Waals surface area contributed by atoms with Crippen LogP contribution in [0.25, 0.3) is 21.8 Å². The van der Waals surface area contributed by atoms with Gasteiger partial charge in [-0.25, -0.2) is 9.78 Å². The van der Waals surface area contributed by atoms with Crippen molar-refractivity contribution in [3.63, 3.8) is 0 Å². The van der Waals surface area contributed by atoms with Crippen molar-refractivity contribution in [2.75, 3.05) is 0 Å². The van der Waals surface area contributed by atoms with E-state index in [9.17, 15) is 14.4 Å². The average molecular weight is 401 g/mol. The maximum atomic E-state index is 12.8. The summed E-state index contributed by atoms with van der Waals surface area (Å²) in [5, 5.41) is 1.26. The number of nitrogens with zero attached hydrogens (tertiary/aromatic N) is 2. The van der Waals surface area contributed by atoms with Gasteiger partial charge in [0.2, 0.25) is 5.78 Å². The summed E-state index contributed by atoms with van der Waals surface area (Å²) in [6.07, 6.45) is 2.31. The Hall–Kier alpha value is -3.74. The molecule has 1 atom stereocenters. The topological polar surface area (TPSA) is 94.1 Å². The Morgan fingerprint density at radius 1 is 1.17 bits per heavy atom. The molecule has 150 valence electrons. The first kappa shape index (κ1) is 18.3. The fourth-order valence-corrected chi connectivity index (χ4v) is 3.99. The summed E-state index contributed by atoms with van der Waals surface area (Å²) in [7, 11) is 0. The highest BCUT2D eigenvalue weighted by molar-refractivity contribution is 6.10. The van der Waals surface area contributed by atoms with Gasteiger partial charge in [0.05, 0.1) is 16.5 Å². The molecular formula is C23H19N3O4. The molecule has 0 radical (unpaired) electrons. The van der Waals surface area contributed by atoms with Crippen molar-refractivity contribution in [3.8, 4) is 0 Å². The number of H-pyrrole nitrogens is 1. The summed E-state index contributed by atoms with van der Waals surface area (Å²) in [4.78, 5) is 45.6. The molecule has 7 nitrogen and oxygen atoms in total. The second-order valence-corrected chi connectivity index (χ2v) is 7.48. The Kier molecular flexibility index (Phi) is 4.24. The van der Waals surface area contributed by atoms with Crippen molar-refractivity contribution in [2.45, 2.75) is 32.4 Å². The van der Waals surface area contributed by atoms with Crippen molar-refractivity contribution in [1.29, 1.82) is 0 Å². The summed E-state index contributed by atoms with van der Waals surface area (Å²) in [6.45, 7) is 2.23. The Morgan fingerprint density at radius 3 is 2.87 bits per heavy atom. The zero-order chi connectivity index (χ0) is 20.8. The van der Waals surface area contributed by atoms with Crippen LogP contribution in [0.3, 0.4) is 0 Å². The summed E-state index contributed by atoms with van der Waals surface area (Å²) >= 11 is 0. The van der Waals surface area contributed by atoms with Crippen LogP contribution in [-0.4, -0.2) is 32.4 Å². The van der Waals surface area contributed by atoms with Crippen LogP contribution in [0.4, 0.5) is 0 Å². The molecule has 30 heavy (non-hydrogen) atoms. The van der Waals surface area contributed by atoms with E-state index >= 15 is 0 Å². The van der Waals surface area contributed by atoms with E-state index < -0.39 is 12.1 Å². The van der Waals surface area contributed by atoms with Crippen molar-refractivity contribution in [2.24, 2.45) is 0 Å². The zero-order valence-corrected chi connectivity index (χ0v) is 16.3. The molecule has 4 aromatic rings. The summed E-state index contributed by atoms with van der Waals surface area (Å²) in [5.74, 6) is -0.170. The number of carbonyl (C=O) groups is 2. The number of aromatic amines is 1. The third-order valence-corrected chi connectivity index (χ3v) is 5.56. The first-order valence-electron chi connectivity index (χ1n) is 9.88. The van der Waals surface area contributed by atoms with E-state index in [2.05, 4.69) is 9.97 Å².